The fourth-order valence-electron chi connectivity index (χ4n) is 1.83. The van der Waals surface area contributed by atoms with E-state index in [9.17, 15) is 5.11 Å². The maximum Gasteiger partial charge on any atom is 0.0967 e. The third-order valence-corrected chi connectivity index (χ3v) is 4.24. The average Bonchev–Trinajstić information content (AvgIpc) is 2.65. The number of hydrogen-bond donors (Lipinski definition) is 1. The zero-order chi connectivity index (χ0) is 9.97. The molecule has 2 atom stereocenters. The zero-order valence-electron chi connectivity index (χ0n) is 7.78. The third kappa shape index (κ3) is 2.19. The van der Waals surface area contributed by atoms with Gasteiger partial charge in [0.15, 0.2) is 0 Å². The van der Waals surface area contributed by atoms with Crippen molar-refractivity contribution in [3.8, 4) is 0 Å². The van der Waals surface area contributed by atoms with Crippen LogP contribution in [0.15, 0.2) is 15.9 Å². The Hall–Kier alpha value is 0.1000. The second-order valence-corrected chi connectivity index (χ2v) is 6.01. The van der Waals surface area contributed by atoms with Gasteiger partial charge in [0.1, 0.15) is 0 Å². The van der Waals surface area contributed by atoms with Gasteiger partial charge in [-0.25, -0.2) is 0 Å². The molecule has 0 radical (unpaired) electrons. The number of aliphatic hydroxyl groups excluding tert-OH is 1. The second-order valence-electron chi connectivity index (χ2n) is 3.52. The van der Waals surface area contributed by atoms with Gasteiger partial charge in [-0.2, -0.15) is 0 Å². The molecule has 1 aromatic rings. The summed E-state index contributed by atoms with van der Waals surface area (Å²) < 4.78 is 6.83. The molecule has 2 unspecified atom stereocenters. The molecule has 0 amide bonds. The summed E-state index contributed by atoms with van der Waals surface area (Å²) in [6, 6.07) is 4.11. The molecule has 2 rings (SSSR count). The van der Waals surface area contributed by atoms with Crippen LogP contribution >= 0.6 is 27.3 Å². The van der Waals surface area contributed by atoms with Crippen molar-refractivity contribution in [2.75, 3.05) is 13.2 Å². The minimum atomic E-state index is 0.102. The predicted octanol–water partition coefficient (Wildman–Crippen LogP) is 2.97. The first-order valence-electron chi connectivity index (χ1n) is 4.79. The molecule has 4 heteroatoms. The van der Waals surface area contributed by atoms with Gasteiger partial charge in [0.2, 0.25) is 0 Å². The van der Waals surface area contributed by atoms with Crippen LogP contribution in [0.1, 0.15) is 23.8 Å². The van der Waals surface area contributed by atoms with Crippen LogP contribution in [0.4, 0.5) is 0 Å². The van der Waals surface area contributed by atoms with E-state index in [0.29, 0.717) is 0 Å². The lowest BCUT2D eigenvalue weighted by molar-refractivity contribution is -0.0437. The van der Waals surface area contributed by atoms with Crippen molar-refractivity contribution in [3.05, 3.63) is 20.8 Å². The van der Waals surface area contributed by atoms with Gasteiger partial charge in [0.25, 0.3) is 0 Å². The SMILES string of the molecule is OCC1CCCOC1c1ccc(Br)s1. The molecule has 2 nitrogen and oxygen atoms in total. The van der Waals surface area contributed by atoms with Crippen molar-refractivity contribution in [1.82, 2.24) is 0 Å². The summed E-state index contributed by atoms with van der Waals surface area (Å²) in [5.41, 5.74) is 0. The maximum atomic E-state index is 9.24. The molecular formula is C10H13BrO2S. The molecule has 1 aliphatic rings. The lowest BCUT2D eigenvalue weighted by atomic mass is 9.94. The molecule has 1 N–H and O–H groups in total. The Kier molecular flexibility index (Phi) is 3.60. The quantitative estimate of drug-likeness (QED) is 0.900. The molecule has 0 saturated carbocycles. The van der Waals surface area contributed by atoms with Gasteiger partial charge >= 0.3 is 0 Å². The van der Waals surface area contributed by atoms with Crippen molar-refractivity contribution in [2.24, 2.45) is 5.92 Å². The Morgan fingerprint density at radius 2 is 2.43 bits per heavy atom. The summed E-state index contributed by atoms with van der Waals surface area (Å²) in [6.07, 6.45) is 2.23. The number of hydrogen-bond acceptors (Lipinski definition) is 3. The minimum absolute atomic E-state index is 0.102. The van der Waals surface area contributed by atoms with E-state index in [2.05, 4.69) is 22.0 Å². The third-order valence-electron chi connectivity index (χ3n) is 2.55. The number of rotatable bonds is 2. The fourth-order valence-corrected chi connectivity index (χ4v) is 3.39. The van der Waals surface area contributed by atoms with E-state index < -0.39 is 0 Å². The Morgan fingerprint density at radius 3 is 3.07 bits per heavy atom. The van der Waals surface area contributed by atoms with E-state index in [0.717, 1.165) is 23.2 Å². The highest BCUT2D eigenvalue weighted by atomic mass is 79.9. The van der Waals surface area contributed by atoms with E-state index in [1.165, 1.54) is 4.88 Å². The summed E-state index contributed by atoms with van der Waals surface area (Å²) in [4.78, 5) is 1.22. The topological polar surface area (TPSA) is 29.5 Å². The number of thiophene rings is 1. The molecular weight excluding hydrogens is 264 g/mol. The Labute approximate surface area is 96.0 Å². The van der Waals surface area contributed by atoms with Crippen LogP contribution in [0, 0.1) is 5.92 Å². The monoisotopic (exact) mass is 276 g/mol. The van der Waals surface area contributed by atoms with Crippen LogP contribution < -0.4 is 0 Å². The van der Waals surface area contributed by atoms with Gasteiger partial charge < -0.3 is 9.84 Å². The molecule has 1 fully saturated rings. The highest BCUT2D eigenvalue weighted by Gasteiger charge is 2.27. The van der Waals surface area contributed by atoms with E-state index in [1.54, 1.807) is 11.3 Å². The van der Waals surface area contributed by atoms with Crippen molar-refractivity contribution < 1.29 is 9.84 Å². The second kappa shape index (κ2) is 4.75. The normalized spacial score (nSPS) is 27.9. The Morgan fingerprint density at radius 1 is 1.57 bits per heavy atom. The van der Waals surface area contributed by atoms with Crippen LogP contribution in [-0.2, 0) is 4.74 Å². The lowest BCUT2D eigenvalue weighted by Crippen LogP contribution is -2.24. The summed E-state index contributed by atoms with van der Waals surface area (Å²) in [7, 11) is 0. The molecule has 1 aliphatic heterocycles. The molecule has 1 aromatic heterocycles. The van der Waals surface area contributed by atoms with Gasteiger partial charge in [-0.1, -0.05) is 0 Å². The predicted molar refractivity (Wildman–Crippen MR) is 60.5 cm³/mol. The highest BCUT2D eigenvalue weighted by Crippen LogP contribution is 2.37. The largest absolute Gasteiger partial charge is 0.396 e. The molecule has 14 heavy (non-hydrogen) atoms. The van der Waals surface area contributed by atoms with Crippen LogP contribution in [-0.4, -0.2) is 18.3 Å². The molecule has 0 spiro atoms. The molecule has 78 valence electrons. The van der Waals surface area contributed by atoms with Crippen LogP contribution in [0.5, 0.6) is 0 Å². The summed E-state index contributed by atoms with van der Waals surface area (Å²) >= 11 is 5.14. The average molecular weight is 277 g/mol. The van der Waals surface area contributed by atoms with Crippen molar-refractivity contribution >= 4 is 27.3 Å². The van der Waals surface area contributed by atoms with Crippen molar-refractivity contribution in [3.63, 3.8) is 0 Å². The molecule has 1 saturated heterocycles. The van der Waals surface area contributed by atoms with Gasteiger partial charge in [0.05, 0.1) is 9.89 Å². The van der Waals surface area contributed by atoms with Crippen LogP contribution in [0.3, 0.4) is 0 Å². The minimum Gasteiger partial charge on any atom is -0.396 e. The molecule has 0 aromatic carbocycles. The lowest BCUT2D eigenvalue weighted by Gasteiger charge is -2.29. The summed E-state index contributed by atoms with van der Waals surface area (Å²) in [5, 5.41) is 9.24. The number of aliphatic hydroxyl groups is 1. The van der Waals surface area contributed by atoms with E-state index >= 15 is 0 Å². The van der Waals surface area contributed by atoms with E-state index in [-0.39, 0.29) is 18.6 Å². The van der Waals surface area contributed by atoms with Crippen LogP contribution in [0.25, 0.3) is 0 Å². The molecule has 2 heterocycles. The fraction of sp³-hybridized carbons (Fsp3) is 0.600. The Bertz CT molecular complexity index is 300. The van der Waals surface area contributed by atoms with Gasteiger partial charge in [-0.3, -0.25) is 0 Å². The standard InChI is InChI=1S/C10H13BrO2S/c11-9-4-3-8(14-9)10-7(6-12)2-1-5-13-10/h3-4,7,10,12H,1-2,5-6H2. The highest BCUT2D eigenvalue weighted by molar-refractivity contribution is 9.11. The van der Waals surface area contributed by atoms with Crippen LogP contribution in [0.2, 0.25) is 0 Å². The molecule has 0 bridgehead atoms. The van der Waals surface area contributed by atoms with Gasteiger partial charge in [0, 0.05) is 24.0 Å². The van der Waals surface area contributed by atoms with Gasteiger partial charge in [-0.05, 0) is 40.9 Å². The van der Waals surface area contributed by atoms with Crippen molar-refractivity contribution in [1.29, 1.82) is 0 Å². The number of halogens is 1. The first-order chi connectivity index (χ1) is 6.81. The first-order valence-corrected chi connectivity index (χ1v) is 6.40. The smallest absolute Gasteiger partial charge is 0.0967 e. The zero-order valence-corrected chi connectivity index (χ0v) is 10.2. The first kappa shape index (κ1) is 10.6. The Balaban J connectivity index is 2.14. The maximum absolute atomic E-state index is 9.24. The van der Waals surface area contributed by atoms with Crippen molar-refractivity contribution in [2.45, 2.75) is 18.9 Å². The van der Waals surface area contributed by atoms with Gasteiger partial charge in [-0.15, -0.1) is 11.3 Å². The summed E-state index contributed by atoms with van der Waals surface area (Å²) in [6.45, 7) is 1.04. The summed E-state index contributed by atoms with van der Waals surface area (Å²) in [5.74, 6) is 0.272. The number of ether oxygens (including phenoxy) is 1. The van der Waals surface area contributed by atoms with E-state index in [4.69, 9.17) is 4.74 Å². The van der Waals surface area contributed by atoms with E-state index in [1.807, 2.05) is 6.07 Å². The molecule has 0 aliphatic carbocycles.